The number of rotatable bonds is 7. The fraction of sp³-hybridized carbons (Fsp3) is 0.667. The van der Waals surface area contributed by atoms with Crippen molar-refractivity contribution in [1.29, 1.82) is 0 Å². The Labute approximate surface area is 143 Å². The van der Waals surface area contributed by atoms with Crippen molar-refractivity contribution in [3.63, 3.8) is 0 Å². The number of hydrogen-bond donors (Lipinski definition) is 1. The lowest BCUT2D eigenvalue weighted by Crippen LogP contribution is -2.44. The quantitative estimate of drug-likeness (QED) is 0.612. The topological polar surface area (TPSA) is 69.7 Å². The van der Waals surface area contributed by atoms with Crippen molar-refractivity contribution in [3.05, 3.63) is 17.8 Å². The third kappa shape index (κ3) is 4.68. The summed E-state index contributed by atoms with van der Waals surface area (Å²) in [6.45, 7) is 2.86. The van der Waals surface area contributed by atoms with E-state index in [9.17, 15) is 4.79 Å². The summed E-state index contributed by atoms with van der Waals surface area (Å²) in [5, 5.41) is 2.96. The van der Waals surface area contributed by atoms with E-state index in [2.05, 4.69) is 10.3 Å². The van der Waals surface area contributed by atoms with E-state index in [-0.39, 0.29) is 5.91 Å². The number of aryl methyl sites for hydroxylation is 1. The van der Waals surface area contributed by atoms with Gasteiger partial charge in [-0.2, -0.15) is 0 Å². The Hall–Kier alpha value is -1.66. The Morgan fingerprint density at radius 3 is 2.50 bits per heavy atom. The van der Waals surface area contributed by atoms with Gasteiger partial charge in [-0.05, 0) is 25.8 Å². The van der Waals surface area contributed by atoms with Gasteiger partial charge >= 0.3 is 0 Å². The highest BCUT2D eigenvalue weighted by Gasteiger charge is 2.38. The van der Waals surface area contributed by atoms with Gasteiger partial charge in [-0.1, -0.05) is 25.7 Å². The zero-order valence-electron chi connectivity index (χ0n) is 14.9. The van der Waals surface area contributed by atoms with E-state index < -0.39 is 5.60 Å². The molecule has 0 saturated heterocycles. The molecule has 0 unspecified atom stereocenters. The molecular weight excluding hydrogens is 308 g/mol. The number of anilines is 1. The predicted molar refractivity (Wildman–Crippen MR) is 92.4 cm³/mol. The van der Waals surface area contributed by atoms with Gasteiger partial charge < -0.3 is 19.5 Å². The van der Waals surface area contributed by atoms with Gasteiger partial charge in [-0.25, -0.2) is 4.98 Å². The van der Waals surface area contributed by atoms with Crippen molar-refractivity contribution >= 4 is 11.6 Å². The van der Waals surface area contributed by atoms with Gasteiger partial charge in [0.25, 0.3) is 5.91 Å². The van der Waals surface area contributed by atoms with Crippen LogP contribution >= 0.6 is 0 Å². The Morgan fingerprint density at radius 1 is 1.21 bits per heavy atom. The fourth-order valence-corrected chi connectivity index (χ4v) is 3.07. The minimum atomic E-state index is -0.724. The summed E-state index contributed by atoms with van der Waals surface area (Å²) in [7, 11) is 3.25. The number of carbonyl (C=O) groups is 1. The summed E-state index contributed by atoms with van der Waals surface area (Å²) in [6.07, 6.45) is 7.50. The molecule has 1 aromatic rings. The Morgan fingerprint density at radius 2 is 1.92 bits per heavy atom. The molecule has 1 N–H and O–H groups in total. The maximum atomic E-state index is 12.8. The molecule has 24 heavy (non-hydrogen) atoms. The highest BCUT2D eigenvalue weighted by molar-refractivity contribution is 5.97. The van der Waals surface area contributed by atoms with Crippen LogP contribution in [0.3, 0.4) is 0 Å². The first-order valence-electron chi connectivity index (χ1n) is 8.56. The van der Waals surface area contributed by atoms with Gasteiger partial charge in [0.2, 0.25) is 5.88 Å². The zero-order chi connectivity index (χ0) is 17.4. The summed E-state index contributed by atoms with van der Waals surface area (Å²) >= 11 is 0. The van der Waals surface area contributed by atoms with Crippen LogP contribution in [0.15, 0.2) is 12.3 Å². The van der Waals surface area contributed by atoms with Crippen LogP contribution in [0.4, 0.5) is 5.69 Å². The van der Waals surface area contributed by atoms with Crippen molar-refractivity contribution in [2.45, 2.75) is 51.0 Å². The molecule has 1 aliphatic carbocycles. The van der Waals surface area contributed by atoms with Crippen molar-refractivity contribution in [2.24, 2.45) is 0 Å². The maximum Gasteiger partial charge on any atom is 0.256 e. The summed E-state index contributed by atoms with van der Waals surface area (Å²) in [6, 6.07) is 1.87. The monoisotopic (exact) mass is 336 g/mol. The lowest BCUT2D eigenvalue weighted by atomic mass is 9.93. The van der Waals surface area contributed by atoms with Crippen LogP contribution in [0.5, 0.6) is 5.88 Å². The largest absolute Gasteiger partial charge is 0.475 e. The molecule has 1 fully saturated rings. The summed E-state index contributed by atoms with van der Waals surface area (Å²) in [4.78, 5) is 17.1. The van der Waals surface area contributed by atoms with E-state index in [0.717, 1.165) is 44.1 Å². The molecule has 0 spiro atoms. The number of nitrogens with one attached hydrogen (secondary N) is 1. The average Bonchev–Trinajstić information content (AvgIpc) is 2.83. The normalized spacial score (nSPS) is 17.1. The number of carbonyl (C=O) groups excluding carboxylic acids is 1. The summed E-state index contributed by atoms with van der Waals surface area (Å²) < 4.78 is 16.1. The van der Waals surface area contributed by atoms with Gasteiger partial charge in [0.15, 0.2) is 0 Å². The van der Waals surface area contributed by atoms with Crippen LogP contribution in [-0.2, 0) is 14.3 Å². The minimum absolute atomic E-state index is 0.0823. The molecule has 0 radical (unpaired) electrons. The maximum absolute atomic E-state index is 12.8. The summed E-state index contributed by atoms with van der Waals surface area (Å²) in [5.41, 5.74) is 0.811. The second kappa shape index (κ2) is 8.99. The number of aromatic nitrogens is 1. The first-order chi connectivity index (χ1) is 11.6. The fourth-order valence-electron chi connectivity index (χ4n) is 3.07. The molecule has 1 aromatic heterocycles. The molecule has 1 heterocycles. The van der Waals surface area contributed by atoms with Crippen molar-refractivity contribution < 1.29 is 19.0 Å². The minimum Gasteiger partial charge on any atom is -0.475 e. The first-order valence-corrected chi connectivity index (χ1v) is 8.56. The smallest absolute Gasteiger partial charge is 0.256 e. The molecule has 1 amide bonds. The Bertz CT molecular complexity index is 540. The van der Waals surface area contributed by atoms with Gasteiger partial charge in [0, 0.05) is 19.8 Å². The van der Waals surface area contributed by atoms with E-state index in [1.165, 1.54) is 0 Å². The zero-order valence-corrected chi connectivity index (χ0v) is 14.9. The predicted octanol–water partition coefficient (Wildman–Crippen LogP) is 3.09. The van der Waals surface area contributed by atoms with Crippen molar-refractivity contribution in [3.8, 4) is 5.88 Å². The molecule has 0 bridgehead atoms. The van der Waals surface area contributed by atoms with E-state index in [1.807, 2.05) is 13.0 Å². The third-order valence-corrected chi connectivity index (χ3v) is 4.53. The van der Waals surface area contributed by atoms with Crippen LogP contribution in [0.1, 0.15) is 44.1 Å². The molecule has 2 rings (SSSR count). The number of methoxy groups -OCH3 is 2. The second-order valence-corrected chi connectivity index (χ2v) is 6.25. The van der Waals surface area contributed by atoms with Gasteiger partial charge in [0.05, 0.1) is 18.5 Å². The van der Waals surface area contributed by atoms with E-state index in [1.54, 1.807) is 20.4 Å². The van der Waals surface area contributed by atoms with E-state index >= 15 is 0 Å². The Balaban J connectivity index is 2.03. The molecule has 0 aromatic carbocycles. The number of ether oxygens (including phenoxy) is 3. The lowest BCUT2D eigenvalue weighted by molar-refractivity contribution is -0.139. The number of pyridine rings is 1. The van der Waals surface area contributed by atoms with E-state index in [4.69, 9.17) is 14.2 Å². The molecule has 6 nitrogen and oxygen atoms in total. The molecular formula is C18H28N2O4. The molecule has 1 aliphatic rings. The highest BCUT2D eigenvalue weighted by atomic mass is 16.5. The van der Waals surface area contributed by atoms with Crippen molar-refractivity contribution in [1.82, 2.24) is 4.98 Å². The third-order valence-electron chi connectivity index (χ3n) is 4.53. The number of amides is 1. The van der Waals surface area contributed by atoms with Crippen LogP contribution in [0, 0.1) is 6.92 Å². The molecule has 6 heteroatoms. The summed E-state index contributed by atoms with van der Waals surface area (Å²) in [5.74, 6) is 0.474. The van der Waals surface area contributed by atoms with Crippen LogP contribution in [-0.4, -0.2) is 43.9 Å². The average molecular weight is 336 g/mol. The first kappa shape index (κ1) is 18.7. The molecule has 1 saturated carbocycles. The van der Waals surface area contributed by atoms with Crippen LogP contribution < -0.4 is 10.1 Å². The standard InChI is InChI=1S/C18H28N2O4/c1-14-12-15(13-19-16(14)24-11-10-22-2)20-17(21)18(23-3)8-6-4-5-7-9-18/h12-13H,4-11H2,1-3H3,(H,20,21). The van der Waals surface area contributed by atoms with Crippen LogP contribution in [0.25, 0.3) is 0 Å². The Kier molecular flexibility index (Phi) is 6.99. The lowest BCUT2D eigenvalue weighted by Gasteiger charge is -2.29. The van der Waals surface area contributed by atoms with E-state index in [0.29, 0.717) is 24.8 Å². The number of hydrogen-bond acceptors (Lipinski definition) is 5. The SMILES string of the molecule is COCCOc1ncc(NC(=O)C2(OC)CCCCCC2)cc1C. The van der Waals surface area contributed by atoms with Gasteiger partial charge in [-0.3, -0.25) is 4.79 Å². The molecule has 0 aliphatic heterocycles. The number of nitrogens with zero attached hydrogens (tertiary/aromatic N) is 1. The second-order valence-electron chi connectivity index (χ2n) is 6.25. The van der Waals surface area contributed by atoms with Gasteiger partial charge in [0.1, 0.15) is 12.2 Å². The van der Waals surface area contributed by atoms with Crippen molar-refractivity contribution in [2.75, 3.05) is 32.8 Å². The van der Waals surface area contributed by atoms with Gasteiger partial charge in [-0.15, -0.1) is 0 Å². The van der Waals surface area contributed by atoms with Crippen LogP contribution in [0.2, 0.25) is 0 Å². The molecule has 134 valence electrons. The molecule has 0 atom stereocenters. The highest BCUT2D eigenvalue weighted by Crippen LogP contribution is 2.31.